The summed E-state index contributed by atoms with van der Waals surface area (Å²) in [6, 6.07) is 3.17. The van der Waals surface area contributed by atoms with Crippen LogP contribution in [0.5, 0.6) is 0 Å². The van der Waals surface area contributed by atoms with Crippen molar-refractivity contribution < 1.29 is 18.3 Å². The number of aliphatic imine (C=N–C) groups is 1. The number of alkyl carbamates (subject to hydrolysis) is 1. The second-order valence-electron chi connectivity index (χ2n) is 8.51. The molecule has 0 radical (unpaired) electrons. The fraction of sp³-hybridized carbons (Fsp3) is 0.583. The number of nitrogens with one attached hydrogen (secondary N) is 3. The number of nitriles is 1. The highest BCUT2D eigenvalue weighted by molar-refractivity contribution is 7.18. The zero-order valence-corrected chi connectivity index (χ0v) is 22.4. The zero-order valence-electron chi connectivity index (χ0n) is 21.3. The van der Waals surface area contributed by atoms with Crippen LogP contribution >= 0.6 is 9.24 Å². The van der Waals surface area contributed by atoms with Crippen molar-refractivity contribution in [3.05, 3.63) is 34.8 Å². The lowest BCUT2D eigenvalue weighted by molar-refractivity contribution is 0.0682. The molecule has 1 amide bonds. The van der Waals surface area contributed by atoms with Crippen molar-refractivity contribution in [2.24, 2.45) is 4.99 Å². The fourth-order valence-corrected chi connectivity index (χ4v) is 3.55. The Hall–Kier alpha value is -2.79. The number of ether oxygens (including phenoxy) is 1. The predicted molar refractivity (Wildman–Crippen MR) is 139 cm³/mol. The lowest BCUT2D eigenvalue weighted by Gasteiger charge is -2.22. The Kier molecular flexibility index (Phi) is 12.6. The van der Waals surface area contributed by atoms with E-state index in [0.717, 1.165) is 23.4 Å². The van der Waals surface area contributed by atoms with Gasteiger partial charge in [-0.05, 0) is 45.6 Å². The standard InChI is InChI=1S/C24H37F2N6O2P/c1-7-15(4)21(14-28-18(8-2)13-27)30-22-11-20(31-32-22)16(5)10-19(9-3)34-23(33)29-17(6)12-24(25,26)35/h8,11,14,16-17,19H,7,9-10,12,35H2,1-6H3,(H,29,33)(H2,30,31,32)/b18-8-,21-15+,28-14+. The number of rotatable bonds is 13. The maximum absolute atomic E-state index is 13.1. The van der Waals surface area contributed by atoms with Gasteiger partial charge in [0, 0.05) is 30.1 Å². The number of hydrogen-bond donors (Lipinski definition) is 3. The summed E-state index contributed by atoms with van der Waals surface area (Å²) in [5.41, 5.74) is 0.0284. The van der Waals surface area contributed by atoms with Crippen LogP contribution in [-0.4, -0.2) is 40.3 Å². The van der Waals surface area contributed by atoms with Crippen LogP contribution in [-0.2, 0) is 4.74 Å². The second kappa shape index (κ2) is 14.6. The predicted octanol–water partition coefficient (Wildman–Crippen LogP) is 6.25. The molecule has 11 heteroatoms. The van der Waals surface area contributed by atoms with Gasteiger partial charge in [0.15, 0.2) is 5.82 Å². The molecule has 0 saturated carbocycles. The minimum absolute atomic E-state index is 0.00816. The number of amides is 1. The summed E-state index contributed by atoms with van der Waals surface area (Å²) in [6.45, 7) is 11.1. The molecule has 4 atom stereocenters. The van der Waals surface area contributed by atoms with E-state index in [2.05, 4.69) is 25.8 Å². The summed E-state index contributed by atoms with van der Waals surface area (Å²) < 4.78 is 31.7. The number of carbonyl (C=O) groups excluding carboxylic acids is 1. The van der Waals surface area contributed by atoms with Crippen LogP contribution in [0.1, 0.15) is 78.8 Å². The third-order valence-corrected chi connectivity index (χ3v) is 5.63. The molecule has 0 fully saturated rings. The van der Waals surface area contributed by atoms with Crippen LogP contribution in [0.2, 0.25) is 0 Å². The molecule has 4 unspecified atom stereocenters. The SMILES string of the molecule is C\C=C(C#N)/N=C/C(Nc1cc(C(C)CC(CC)OC(=O)NC(C)CC(F)(F)P)[nH]n1)=C(/C)CC. The molecule has 35 heavy (non-hydrogen) atoms. The molecule has 0 aromatic carbocycles. The van der Waals surface area contributed by atoms with Gasteiger partial charge in [0.05, 0.1) is 11.9 Å². The number of allylic oxidation sites excluding steroid dienone is 4. The molecular formula is C24H37F2N6O2P. The first-order chi connectivity index (χ1) is 16.4. The van der Waals surface area contributed by atoms with Crippen LogP contribution in [0, 0.1) is 11.3 Å². The first-order valence-corrected chi connectivity index (χ1v) is 12.3. The highest BCUT2D eigenvalue weighted by Gasteiger charge is 2.26. The lowest BCUT2D eigenvalue weighted by Crippen LogP contribution is -2.37. The van der Waals surface area contributed by atoms with Crippen molar-refractivity contribution in [1.82, 2.24) is 15.5 Å². The van der Waals surface area contributed by atoms with Crippen molar-refractivity contribution in [2.45, 2.75) is 91.0 Å². The van der Waals surface area contributed by atoms with E-state index >= 15 is 0 Å². The molecule has 0 aliphatic heterocycles. The normalized spacial score (nSPS) is 15.7. The molecule has 194 valence electrons. The van der Waals surface area contributed by atoms with Crippen LogP contribution in [0.4, 0.5) is 19.4 Å². The van der Waals surface area contributed by atoms with E-state index in [9.17, 15) is 13.6 Å². The van der Waals surface area contributed by atoms with Crippen molar-refractivity contribution >= 4 is 27.4 Å². The minimum Gasteiger partial charge on any atom is -0.446 e. The zero-order chi connectivity index (χ0) is 26.6. The molecule has 0 aliphatic carbocycles. The monoisotopic (exact) mass is 510 g/mol. The molecule has 0 aliphatic rings. The van der Waals surface area contributed by atoms with Crippen LogP contribution in [0.15, 0.2) is 34.1 Å². The summed E-state index contributed by atoms with van der Waals surface area (Å²) in [5, 5.41) is 22.1. The molecule has 1 aromatic heterocycles. The van der Waals surface area contributed by atoms with E-state index in [1.165, 1.54) is 16.2 Å². The van der Waals surface area contributed by atoms with E-state index in [-0.39, 0.29) is 12.0 Å². The van der Waals surface area contributed by atoms with Gasteiger partial charge in [-0.15, -0.1) is 0 Å². The first-order valence-electron chi connectivity index (χ1n) is 11.7. The van der Waals surface area contributed by atoms with Crippen molar-refractivity contribution in [1.29, 1.82) is 5.26 Å². The Balaban J connectivity index is 2.80. The molecule has 1 aromatic rings. The number of alkyl halides is 2. The maximum atomic E-state index is 13.1. The van der Waals surface area contributed by atoms with Crippen LogP contribution < -0.4 is 10.6 Å². The fourth-order valence-electron chi connectivity index (χ4n) is 3.20. The third-order valence-electron chi connectivity index (χ3n) is 5.39. The van der Waals surface area contributed by atoms with Gasteiger partial charge in [0.25, 0.3) is 5.66 Å². The largest absolute Gasteiger partial charge is 0.446 e. The van der Waals surface area contributed by atoms with Gasteiger partial charge in [-0.1, -0.05) is 36.1 Å². The topological polar surface area (TPSA) is 115 Å². The van der Waals surface area contributed by atoms with Gasteiger partial charge in [0.2, 0.25) is 0 Å². The average molecular weight is 511 g/mol. The van der Waals surface area contributed by atoms with Gasteiger partial charge in [0.1, 0.15) is 17.9 Å². The average Bonchev–Trinajstić information content (AvgIpc) is 3.25. The van der Waals surface area contributed by atoms with Crippen molar-refractivity contribution in [3.8, 4) is 6.07 Å². The lowest BCUT2D eigenvalue weighted by atomic mass is 9.99. The van der Waals surface area contributed by atoms with Crippen LogP contribution in [0.3, 0.4) is 0 Å². The van der Waals surface area contributed by atoms with E-state index in [0.29, 0.717) is 24.4 Å². The Morgan fingerprint density at radius 1 is 1.43 bits per heavy atom. The Morgan fingerprint density at radius 2 is 2.11 bits per heavy atom. The molecule has 1 rings (SSSR count). The molecule has 3 N–H and O–H groups in total. The summed E-state index contributed by atoms with van der Waals surface area (Å²) in [5.74, 6) is 0.588. The number of carbonyl (C=O) groups is 1. The number of nitrogens with zero attached hydrogens (tertiary/aromatic N) is 3. The van der Waals surface area contributed by atoms with E-state index in [1.54, 1.807) is 19.2 Å². The Labute approximate surface area is 208 Å². The number of H-pyrrole nitrogens is 1. The quantitative estimate of drug-likeness (QED) is 0.165. The van der Waals surface area contributed by atoms with Gasteiger partial charge < -0.3 is 15.4 Å². The van der Waals surface area contributed by atoms with Crippen molar-refractivity contribution in [2.75, 3.05) is 5.32 Å². The Morgan fingerprint density at radius 3 is 2.66 bits per heavy atom. The number of anilines is 1. The number of halogens is 2. The Bertz CT molecular complexity index is 962. The number of aromatic amines is 1. The number of hydrogen-bond acceptors (Lipinski definition) is 6. The van der Waals surface area contributed by atoms with Crippen LogP contribution in [0.25, 0.3) is 0 Å². The molecule has 8 nitrogen and oxygen atoms in total. The summed E-state index contributed by atoms with van der Waals surface area (Å²) in [6.07, 6.45) is 3.57. The van der Waals surface area contributed by atoms with E-state index < -0.39 is 24.2 Å². The second-order valence-corrected chi connectivity index (χ2v) is 9.35. The number of aromatic nitrogens is 2. The molecule has 0 spiro atoms. The minimum atomic E-state index is -2.95. The van der Waals surface area contributed by atoms with Gasteiger partial charge in [-0.3, -0.25) is 5.10 Å². The smallest absolute Gasteiger partial charge is 0.407 e. The van der Waals surface area contributed by atoms with Gasteiger partial charge >= 0.3 is 6.09 Å². The highest BCUT2D eigenvalue weighted by Crippen LogP contribution is 2.28. The van der Waals surface area contributed by atoms with Gasteiger partial charge in [-0.2, -0.15) is 10.4 Å². The molecular weight excluding hydrogens is 473 g/mol. The van der Waals surface area contributed by atoms with Gasteiger partial charge in [-0.25, -0.2) is 18.6 Å². The summed E-state index contributed by atoms with van der Waals surface area (Å²) in [7, 11) is 1.47. The summed E-state index contributed by atoms with van der Waals surface area (Å²) >= 11 is 0. The first kappa shape index (κ1) is 30.2. The third kappa shape index (κ3) is 11.5. The highest BCUT2D eigenvalue weighted by atomic mass is 31.0. The summed E-state index contributed by atoms with van der Waals surface area (Å²) in [4.78, 5) is 16.3. The van der Waals surface area contributed by atoms with E-state index in [1.807, 2.05) is 39.8 Å². The molecule has 0 saturated heterocycles. The van der Waals surface area contributed by atoms with Crippen molar-refractivity contribution in [3.63, 3.8) is 0 Å². The molecule has 1 heterocycles. The maximum Gasteiger partial charge on any atom is 0.407 e. The molecule has 0 bridgehead atoms. The van der Waals surface area contributed by atoms with E-state index in [4.69, 9.17) is 10.00 Å².